The van der Waals surface area contributed by atoms with Gasteiger partial charge >= 0.3 is 0 Å². The first kappa shape index (κ1) is 12.2. The summed E-state index contributed by atoms with van der Waals surface area (Å²) in [5.41, 5.74) is 1.15. The average Bonchev–Trinajstić information content (AvgIpc) is 2.97. The molecule has 0 spiro atoms. The van der Waals surface area contributed by atoms with Crippen LogP contribution in [0.15, 0.2) is 29.2 Å². The number of carbonyl (C=O) groups excluding carboxylic acids is 1. The average molecular weight is 272 g/mol. The van der Waals surface area contributed by atoms with Gasteiger partial charge in [-0.1, -0.05) is 0 Å². The normalized spacial score (nSPS) is 10.9. The van der Waals surface area contributed by atoms with E-state index < -0.39 is 0 Å². The number of amides is 1. The predicted octanol–water partition coefficient (Wildman–Crippen LogP) is 0.317. The van der Waals surface area contributed by atoms with Crippen molar-refractivity contribution in [2.24, 2.45) is 7.05 Å². The predicted molar refractivity (Wildman–Crippen MR) is 71.7 cm³/mol. The van der Waals surface area contributed by atoms with Crippen LogP contribution in [-0.4, -0.2) is 30.3 Å². The van der Waals surface area contributed by atoms with Crippen molar-refractivity contribution in [1.29, 1.82) is 0 Å². The van der Waals surface area contributed by atoms with Crippen LogP contribution in [-0.2, 0) is 7.05 Å². The monoisotopic (exact) mass is 272 g/mol. The summed E-state index contributed by atoms with van der Waals surface area (Å²) >= 11 is 0. The van der Waals surface area contributed by atoms with Gasteiger partial charge in [0.25, 0.3) is 11.5 Å². The van der Waals surface area contributed by atoms with Crippen molar-refractivity contribution >= 4 is 17.4 Å². The molecule has 0 bridgehead atoms. The molecule has 8 heteroatoms. The number of anilines is 1. The van der Waals surface area contributed by atoms with Crippen LogP contribution >= 0.6 is 0 Å². The molecular formula is C12H12N6O2. The van der Waals surface area contributed by atoms with Crippen LogP contribution in [0.5, 0.6) is 0 Å². The topological polar surface area (TPSA) is 97.1 Å². The van der Waals surface area contributed by atoms with E-state index in [4.69, 9.17) is 0 Å². The number of nitrogens with one attached hydrogen (secondary N) is 2. The molecule has 3 aromatic heterocycles. The van der Waals surface area contributed by atoms with Gasteiger partial charge < -0.3 is 5.32 Å². The fraction of sp³-hybridized carbons (Fsp3) is 0.167. The van der Waals surface area contributed by atoms with Gasteiger partial charge in [0.2, 0.25) is 0 Å². The van der Waals surface area contributed by atoms with Gasteiger partial charge in [-0.3, -0.25) is 19.4 Å². The highest BCUT2D eigenvalue weighted by Crippen LogP contribution is 2.09. The number of H-pyrrole nitrogens is 1. The first-order valence-corrected chi connectivity index (χ1v) is 5.93. The SMILES string of the molecule is Cc1cc(=O)n2c(cc(C(=O)Nc3ccn[nH]3)n2C)n1. The fourth-order valence-electron chi connectivity index (χ4n) is 2.06. The second-order valence-corrected chi connectivity index (χ2v) is 4.38. The van der Waals surface area contributed by atoms with E-state index in [9.17, 15) is 9.59 Å². The molecule has 0 radical (unpaired) electrons. The van der Waals surface area contributed by atoms with Crippen LogP contribution in [0.4, 0.5) is 5.82 Å². The van der Waals surface area contributed by atoms with Crippen molar-refractivity contribution in [2.75, 3.05) is 5.32 Å². The lowest BCUT2D eigenvalue weighted by Crippen LogP contribution is -2.23. The van der Waals surface area contributed by atoms with Gasteiger partial charge in [-0.05, 0) is 6.92 Å². The maximum Gasteiger partial charge on any atom is 0.275 e. The molecular weight excluding hydrogens is 260 g/mol. The zero-order chi connectivity index (χ0) is 14.3. The van der Waals surface area contributed by atoms with E-state index in [1.54, 1.807) is 26.1 Å². The third kappa shape index (κ3) is 1.87. The van der Waals surface area contributed by atoms with Gasteiger partial charge in [0.15, 0.2) is 5.65 Å². The number of aromatic nitrogens is 5. The molecule has 102 valence electrons. The van der Waals surface area contributed by atoms with E-state index in [0.29, 0.717) is 22.9 Å². The minimum atomic E-state index is -0.348. The molecule has 0 saturated heterocycles. The maximum atomic E-state index is 12.2. The van der Waals surface area contributed by atoms with Crippen LogP contribution in [0.3, 0.4) is 0 Å². The molecule has 20 heavy (non-hydrogen) atoms. The van der Waals surface area contributed by atoms with Crippen LogP contribution in [0, 0.1) is 6.92 Å². The summed E-state index contributed by atoms with van der Waals surface area (Å²) in [5, 5.41) is 9.03. The van der Waals surface area contributed by atoms with E-state index in [2.05, 4.69) is 20.5 Å². The molecule has 3 heterocycles. The molecule has 0 aromatic carbocycles. The van der Waals surface area contributed by atoms with Crippen molar-refractivity contribution in [3.05, 3.63) is 46.1 Å². The van der Waals surface area contributed by atoms with Crippen molar-refractivity contribution < 1.29 is 4.79 Å². The lowest BCUT2D eigenvalue weighted by atomic mass is 10.4. The second kappa shape index (κ2) is 4.34. The van der Waals surface area contributed by atoms with Crippen LogP contribution < -0.4 is 10.9 Å². The zero-order valence-electron chi connectivity index (χ0n) is 10.9. The first-order valence-electron chi connectivity index (χ1n) is 5.93. The fourth-order valence-corrected chi connectivity index (χ4v) is 2.06. The molecule has 0 saturated carbocycles. The van der Waals surface area contributed by atoms with E-state index in [-0.39, 0.29) is 11.5 Å². The number of hydrogen-bond acceptors (Lipinski definition) is 4. The smallest absolute Gasteiger partial charge is 0.275 e. The van der Waals surface area contributed by atoms with Crippen molar-refractivity contribution in [1.82, 2.24) is 24.4 Å². The minimum Gasteiger partial charge on any atom is -0.306 e. The Morgan fingerprint density at radius 1 is 1.40 bits per heavy atom. The Bertz CT molecular complexity index is 843. The summed E-state index contributed by atoms with van der Waals surface area (Å²) in [7, 11) is 1.63. The summed E-state index contributed by atoms with van der Waals surface area (Å²) in [6, 6.07) is 4.62. The highest BCUT2D eigenvalue weighted by molar-refractivity contribution is 6.03. The molecule has 1 amide bonds. The maximum absolute atomic E-state index is 12.2. The molecule has 0 atom stereocenters. The number of nitrogens with zero attached hydrogens (tertiary/aromatic N) is 4. The Kier molecular flexibility index (Phi) is 2.63. The first-order chi connectivity index (χ1) is 9.56. The Labute approximate surface area is 113 Å². The summed E-state index contributed by atoms with van der Waals surface area (Å²) in [6.45, 7) is 1.73. The lowest BCUT2D eigenvalue weighted by Gasteiger charge is -2.04. The van der Waals surface area contributed by atoms with Crippen molar-refractivity contribution in [3.8, 4) is 0 Å². The number of hydrogen-bond donors (Lipinski definition) is 2. The largest absolute Gasteiger partial charge is 0.306 e. The second-order valence-electron chi connectivity index (χ2n) is 4.38. The van der Waals surface area contributed by atoms with Crippen LogP contribution in [0.25, 0.3) is 5.65 Å². The van der Waals surface area contributed by atoms with Crippen molar-refractivity contribution in [3.63, 3.8) is 0 Å². The Balaban J connectivity index is 2.08. The zero-order valence-corrected chi connectivity index (χ0v) is 10.9. The summed E-state index contributed by atoms with van der Waals surface area (Å²) in [5.74, 6) is 0.135. The molecule has 0 aliphatic rings. The minimum absolute atomic E-state index is 0.226. The van der Waals surface area contributed by atoms with Crippen LogP contribution in [0.2, 0.25) is 0 Å². The van der Waals surface area contributed by atoms with Crippen LogP contribution in [0.1, 0.15) is 16.2 Å². The van der Waals surface area contributed by atoms with E-state index in [1.165, 1.54) is 21.5 Å². The molecule has 8 nitrogen and oxygen atoms in total. The van der Waals surface area contributed by atoms with E-state index in [1.807, 2.05) is 0 Å². The summed E-state index contributed by atoms with van der Waals surface area (Å²) < 4.78 is 2.81. The molecule has 0 aliphatic heterocycles. The molecule has 0 aliphatic carbocycles. The molecule has 2 N–H and O–H groups in total. The molecule has 3 aromatic rings. The van der Waals surface area contributed by atoms with E-state index in [0.717, 1.165) is 0 Å². The highest BCUT2D eigenvalue weighted by atomic mass is 16.2. The Morgan fingerprint density at radius 3 is 2.90 bits per heavy atom. The highest BCUT2D eigenvalue weighted by Gasteiger charge is 2.15. The Morgan fingerprint density at radius 2 is 2.20 bits per heavy atom. The number of rotatable bonds is 2. The van der Waals surface area contributed by atoms with Gasteiger partial charge in [-0.15, -0.1) is 0 Å². The quantitative estimate of drug-likeness (QED) is 0.702. The lowest BCUT2D eigenvalue weighted by molar-refractivity contribution is 0.101. The van der Waals surface area contributed by atoms with Gasteiger partial charge in [0.1, 0.15) is 11.5 Å². The van der Waals surface area contributed by atoms with Crippen molar-refractivity contribution in [2.45, 2.75) is 6.92 Å². The Hall–Kier alpha value is -2.90. The number of carbonyl (C=O) groups is 1. The van der Waals surface area contributed by atoms with Gasteiger partial charge in [0.05, 0.1) is 6.20 Å². The van der Waals surface area contributed by atoms with Gasteiger partial charge in [0, 0.05) is 30.9 Å². The number of aryl methyl sites for hydroxylation is 2. The molecule has 3 rings (SSSR count). The molecule has 0 unspecified atom stereocenters. The third-order valence-electron chi connectivity index (χ3n) is 2.95. The third-order valence-corrected chi connectivity index (χ3v) is 2.95. The number of aromatic amines is 1. The standard InChI is InChI=1S/C12H12N6O2/c1-7-5-11(19)18-10(14-7)6-8(17(18)2)12(20)15-9-3-4-13-16-9/h3-6H,1-2H3,(H2,13,15,16,20). The summed E-state index contributed by atoms with van der Waals surface area (Å²) in [6.07, 6.45) is 1.53. The van der Waals surface area contributed by atoms with Gasteiger partial charge in [-0.25, -0.2) is 4.98 Å². The summed E-state index contributed by atoms with van der Waals surface area (Å²) in [4.78, 5) is 28.3. The van der Waals surface area contributed by atoms with Gasteiger partial charge in [-0.2, -0.15) is 9.61 Å². The molecule has 0 fully saturated rings. The number of fused-ring (bicyclic) bond motifs is 1. The van der Waals surface area contributed by atoms with E-state index >= 15 is 0 Å².